The summed E-state index contributed by atoms with van der Waals surface area (Å²) in [6.45, 7) is 4.86. The number of carbonyl (C=O) groups is 1. The number of hydrogen-bond acceptors (Lipinski definition) is 4. The Kier molecular flexibility index (Phi) is 6.91. The normalized spacial score (nSPS) is 10.8. The van der Waals surface area contributed by atoms with Gasteiger partial charge < -0.3 is 9.47 Å². The van der Waals surface area contributed by atoms with Gasteiger partial charge in [-0.25, -0.2) is 4.79 Å². The molecule has 0 atom stereocenters. The maximum absolute atomic E-state index is 11.7. The van der Waals surface area contributed by atoms with E-state index >= 15 is 0 Å². The third kappa shape index (κ3) is 5.15. The summed E-state index contributed by atoms with van der Waals surface area (Å²) in [5.74, 6) is 0.184. The number of nitrogens with zero attached hydrogens (tertiary/aromatic N) is 1. The van der Waals surface area contributed by atoms with E-state index in [1.54, 1.807) is 24.3 Å². The van der Waals surface area contributed by atoms with E-state index in [1.165, 1.54) is 6.08 Å². The van der Waals surface area contributed by atoms with Gasteiger partial charge in [-0.3, -0.25) is 0 Å². The van der Waals surface area contributed by atoms with Crippen LogP contribution in [0.4, 0.5) is 0 Å². The van der Waals surface area contributed by atoms with Crippen molar-refractivity contribution >= 4 is 12.0 Å². The second-order valence-corrected chi connectivity index (χ2v) is 4.16. The average molecular weight is 273 g/mol. The number of ether oxygens (including phenoxy) is 2. The minimum absolute atomic E-state index is 0.00487. The molecule has 0 radical (unpaired) electrons. The van der Waals surface area contributed by atoms with Gasteiger partial charge in [0.05, 0.1) is 13.2 Å². The predicted molar refractivity (Wildman–Crippen MR) is 77.1 cm³/mol. The molecule has 0 heterocycles. The zero-order chi connectivity index (χ0) is 14.8. The Hall–Kier alpha value is -2.28. The van der Waals surface area contributed by atoms with Crippen molar-refractivity contribution < 1.29 is 14.3 Å². The van der Waals surface area contributed by atoms with Crippen molar-refractivity contribution in [2.24, 2.45) is 0 Å². The van der Waals surface area contributed by atoms with Crippen molar-refractivity contribution in [1.29, 1.82) is 5.26 Å². The van der Waals surface area contributed by atoms with Crippen LogP contribution in [-0.2, 0) is 9.53 Å². The number of benzene rings is 1. The maximum Gasteiger partial charge on any atom is 0.348 e. The Bertz CT molecular complexity index is 497. The van der Waals surface area contributed by atoms with Crippen molar-refractivity contribution in [3.8, 4) is 11.8 Å². The monoisotopic (exact) mass is 273 g/mol. The van der Waals surface area contributed by atoms with Crippen LogP contribution in [-0.4, -0.2) is 19.2 Å². The number of carbonyl (C=O) groups excluding carboxylic acids is 1. The Morgan fingerprint density at radius 2 is 2.00 bits per heavy atom. The largest absolute Gasteiger partial charge is 0.494 e. The Morgan fingerprint density at radius 1 is 1.30 bits per heavy atom. The number of rotatable bonds is 7. The Labute approximate surface area is 119 Å². The molecular formula is C16H19NO3. The molecule has 0 aliphatic carbocycles. The molecule has 0 bridgehead atoms. The van der Waals surface area contributed by atoms with Crippen molar-refractivity contribution in [1.82, 2.24) is 0 Å². The summed E-state index contributed by atoms with van der Waals surface area (Å²) in [4.78, 5) is 11.7. The predicted octanol–water partition coefficient (Wildman–Crippen LogP) is 3.34. The Morgan fingerprint density at radius 3 is 2.55 bits per heavy atom. The summed E-state index contributed by atoms with van der Waals surface area (Å²) < 4.78 is 10.3. The Balaban J connectivity index is 2.73. The summed E-state index contributed by atoms with van der Waals surface area (Å²) in [5, 5.41) is 9.01. The number of hydrogen-bond donors (Lipinski definition) is 0. The zero-order valence-corrected chi connectivity index (χ0v) is 11.9. The highest BCUT2D eigenvalue weighted by atomic mass is 16.5. The van der Waals surface area contributed by atoms with Crippen LogP contribution >= 0.6 is 0 Å². The van der Waals surface area contributed by atoms with Gasteiger partial charge in [-0.05, 0) is 37.1 Å². The molecule has 20 heavy (non-hydrogen) atoms. The van der Waals surface area contributed by atoms with E-state index in [-0.39, 0.29) is 5.57 Å². The topological polar surface area (TPSA) is 59.3 Å². The molecule has 4 heteroatoms. The molecule has 1 rings (SSSR count). The van der Waals surface area contributed by atoms with Crippen LogP contribution in [0.1, 0.15) is 32.3 Å². The third-order valence-electron chi connectivity index (χ3n) is 2.57. The lowest BCUT2D eigenvalue weighted by atomic mass is 10.1. The van der Waals surface area contributed by atoms with E-state index in [2.05, 4.69) is 0 Å². The lowest BCUT2D eigenvalue weighted by Crippen LogP contribution is -2.07. The van der Waals surface area contributed by atoms with Gasteiger partial charge in [0.1, 0.15) is 17.4 Å². The van der Waals surface area contributed by atoms with Gasteiger partial charge in [-0.2, -0.15) is 5.26 Å². The van der Waals surface area contributed by atoms with E-state index in [9.17, 15) is 4.79 Å². The summed E-state index contributed by atoms with van der Waals surface area (Å²) in [6, 6.07) is 9.06. The van der Waals surface area contributed by atoms with Gasteiger partial charge in [0.2, 0.25) is 0 Å². The lowest BCUT2D eigenvalue weighted by Gasteiger charge is -2.04. The first-order chi connectivity index (χ1) is 9.71. The molecule has 106 valence electrons. The fourth-order valence-corrected chi connectivity index (χ4v) is 1.52. The highest BCUT2D eigenvalue weighted by molar-refractivity contribution is 5.97. The molecule has 0 saturated heterocycles. The molecule has 1 aromatic carbocycles. The molecule has 0 unspecified atom stereocenters. The van der Waals surface area contributed by atoms with Gasteiger partial charge in [0.25, 0.3) is 0 Å². The summed E-state index contributed by atoms with van der Waals surface area (Å²) in [5.41, 5.74) is 0.766. The highest BCUT2D eigenvalue weighted by Crippen LogP contribution is 2.15. The van der Waals surface area contributed by atoms with Crippen molar-refractivity contribution in [2.75, 3.05) is 13.2 Å². The van der Waals surface area contributed by atoms with E-state index in [0.29, 0.717) is 13.2 Å². The first-order valence-corrected chi connectivity index (χ1v) is 6.73. The van der Waals surface area contributed by atoms with Crippen LogP contribution in [0, 0.1) is 11.3 Å². The summed E-state index contributed by atoms with van der Waals surface area (Å²) >= 11 is 0. The molecule has 0 aliphatic heterocycles. The molecule has 0 spiro atoms. The molecule has 0 aliphatic rings. The smallest absolute Gasteiger partial charge is 0.348 e. The quantitative estimate of drug-likeness (QED) is 0.331. The van der Waals surface area contributed by atoms with E-state index in [4.69, 9.17) is 14.7 Å². The summed E-state index contributed by atoms with van der Waals surface area (Å²) in [7, 11) is 0. The SMILES string of the molecule is CCCCOC(=O)/C(C#N)=C\c1ccc(OCC)cc1. The maximum atomic E-state index is 11.7. The van der Waals surface area contributed by atoms with Crippen LogP contribution < -0.4 is 4.74 Å². The second-order valence-electron chi connectivity index (χ2n) is 4.16. The van der Waals surface area contributed by atoms with Gasteiger partial charge in [0, 0.05) is 0 Å². The van der Waals surface area contributed by atoms with Crippen LogP contribution in [0.15, 0.2) is 29.8 Å². The fourth-order valence-electron chi connectivity index (χ4n) is 1.52. The molecule has 0 N–H and O–H groups in total. The standard InChI is InChI=1S/C16H19NO3/c1-3-5-10-20-16(18)14(12-17)11-13-6-8-15(9-7-13)19-4-2/h6-9,11H,3-5,10H2,1-2H3/b14-11-. The summed E-state index contributed by atoms with van der Waals surface area (Å²) in [6.07, 6.45) is 3.26. The lowest BCUT2D eigenvalue weighted by molar-refractivity contribution is -0.138. The molecule has 1 aromatic rings. The van der Waals surface area contributed by atoms with Crippen molar-refractivity contribution in [2.45, 2.75) is 26.7 Å². The minimum atomic E-state index is -0.574. The van der Waals surface area contributed by atoms with Gasteiger partial charge in [-0.1, -0.05) is 25.5 Å². The van der Waals surface area contributed by atoms with Crippen LogP contribution in [0.25, 0.3) is 6.08 Å². The van der Waals surface area contributed by atoms with E-state index < -0.39 is 5.97 Å². The van der Waals surface area contributed by atoms with Crippen LogP contribution in [0.3, 0.4) is 0 Å². The van der Waals surface area contributed by atoms with Crippen LogP contribution in [0.2, 0.25) is 0 Å². The average Bonchev–Trinajstić information content (AvgIpc) is 2.47. The second kappa shape index (κ2) is 8.76. The molecule has 0 fully saturated rings. The zero-order valence-electron chi connectivity index (χ0n) is 11.9. The van der Waals surface area contributed by atoms with Gasteiger partial charge in [0.15, 0.2) is 0 Å². The molecule has 0 amide bonds. The minimum Gasteiger partial charge on any atom is -0.494 e. The van der Waals surface area contributed by atoms with E-state index in [1.807, 2.05) is 19.9 Å². The number of unbranched alkanes of at least 4 members (excludes halogenated alkanes) is 1. The molecule has 0 saturated carbocycles. The highest BCUT2D eigenvalue weighted by Gasteiger charge is 2.10. The number of esters is 1. The first-order valence-electron chi connectivity index (χ1n) is 6.73. The molecule has 4 nitrogen and oxygen atoms in total. The number of nitriles is 1. The molecular weight excluding hydrogens is 254 g/mol. The van der Waals surface area contributed by atoms with Gasteiger partial charge in [-0.15, -0.1) is 0 Å². The van der Waals surface area contributed by atoms with E-state index in [0.717, 1.165) is 24.2 Å². The molecule has 0 aromatic heterocycles. The van der Waals surface area contributed by atoms with Gasteiger partial charge >= 0.3 is 5.97 Å². The third-order valence-corrected chi connectivity index (χ3v) is 2.57. The first kappa shape index (κ1) is 15.8. The van der Waals surface area contributed by atoms with Crippen molar-refractivity contribution in [3.05, 3.63) is 35.4 Å². The fraction of sp³-hybridized carbons (Fsp3) is 0.375. The van der Waals surface area contributed by atoms with Crippen molar-refractivity contribution in [3.63, 3.8) is 0 Å². The van der Waals surface area contributed by atoms with Crippen LogP contribution in [0.5, 0.6) is 5.75 Å².